The van der Waals surface area contributed by atoms with Crippen LogP contribution in [-0.2, 0) is 11.2 Å². The summed E-state index contributed by atoms with van der Waals surface area (Å²) in [5.41, 5.74) is 6.69. The van der Waals surface area contributed by atoms with Crippen molar-refractivity contribution in [3.63, 3.8) is 0 Å². The van der Waals surface area contributed by atoms with Crippen LogP contribution >= 0.6 is 11.3 Å². The maximum atomic E-state index is 11.3. The number of rotatable bonds is 2. The van der Waals surface area contributed by atoms with Crippen LogP contribution in [0.2, 0.25) is 0 Å². The molecule has 0 aliphatic carbocycles. The van der Waals surface area contributed by atoms with Gasteiger partial charge >= 0.3 is 5.97 Å². The molecule has 74 valence electrons. The van der Waals surface area contributed by atoms with Gasteiger partial charge in [0.2, 0.25) is 0 Å². The molecular weight excluding hydrogens is 200 g/mol. The van der Waals surface area contributed by atoms with E-state index in [0.29, 0.717) is 27.4 Å². The number of hydrogen-bond acceptors (Lipinski definition) is 5. The number of hydrogen-bond donors (Lipinski definition) is 1. The van der Waals surface area contributed by atoms with Gasteiger partial charge in [-0.15, -0.1) is 11.3 Å². The average Bonchev–Trinajstić information content (AvgIpc) is 2.53. The second-order valence-corrected chi connectivity index (χ2v) is 3.66. The van der Waals surface area contributed by atoms with E-state index in [1.165, 1.54) is 7.11 Å². The largest absolute Gasteiger partial charge is 0.465 e. The van der Waals surface area contributed by atoms with Crippen LogP contribution < -0.4 is 5.73 Å². The van der Waals surface area contributed by atoms with Gasteiger partial charge in [0.05, 0.1) is 12.7 Å². The molecule has 1 aromatic rings. The van der Waals surface area contributed by atoms with Gasteiger partial charge in [-0.2, -0.15) is 5.26 Å². The highest BCUT2D eigenvalue weighted by Crippen LogP contribution is 2.31. The lowest BCUT2D eigenvalue weighted by molar-refractivity contribution is 0.0605. The van der Waals surface area contributed by atoms with Crippen LogP contribution in [-0.4, -0.2) is 13.1 Å². The molecule has 0 spiro atoms. The Kier molecular flexibility index (Phi) is 3.10. The van der Waals surface area contributed by atoms with Gasteiger partial charge in [-0.3, -0.25) is 0 Å². The summed E-state index contributed by atoms with van der Waals surface area (Å²) in [5, 5.41) is 9.20. The molecule has 1 aromatic heterocycles. The predicted octanol–water partition coefficient (Wildman–Crippen LogP) is 1.55. The van der Waals surface area contributed by atoms with Gasteiger partial charge in [0.25, 0.3) is 0 Å². The fraction of sp³-hybridized carbons (Fsp3) is 0.333. The SMILES string of the molecule is CCc1c(C(=O)OC)sc(N)c1C#N. The minimum absolute atomic E-state index is 0.379. The van der Waals surface area contributed by atoms with Gasteiger partial charge in [-0.1, -0.05) is 6.92 Å². The third kappa shape index (κ3) is 1.56. The van der Waals surface area contributed by atoms with Gasteiger partial charge in [0, 0.05) is 0 Å². The zero-order valence-electron chi connectivity index (χ0n) is 7.96. The van der Waals surface area contributed by atoms with Crippen molar-refractivity contribution in [3.05, 3.63) is 16.0 Å². The van der Waals surface area contributed by atoms with Crippen molar-refractivity contribution in [3.8, 4) is 6.07 Å². The molecule has 0 saturated heterocycles. The molecule has 0 aliphatic rings. The molecular formula is C9H10N2O2S. The maximum Gasteiger partial charge on any atom is 0.348 e. The van der Waals surface area contributed by atoms with Crippen molar-refractivity contribution in [1.29, 1.82) is 5.26 Å². The number of nitrogen functional groups attached to an aromatic ring is 1. The van der Waals surface area contributed by atoms with E-state index in [1.54, 1.807) is 0 Å². The van der Waals surface area contributed by atoms with E-state index in [-0.39, 0.29) is 0 Å². The summed E-state index contributed by atoms with van der Waals surface area (Å²) < 4.78 is 4.60. The number of carbonyl (C=O) groups is 1. The summed E-state index contributed by atoms with van der Waals surface area (Å²) in [5.74, 6) is -0.431. The maximum absolute atomic E-state index is 11.3. The summed E-state index contributed by atoms with van der Waals surface area (Å²) in [7, 11) is 1.31. The topological polar surface area (TPSA) is 76.1 Å². The number of thiophene rings is 1. The first-order valence-corrected chi connectivity index (χ1v) is 4.86. The fourth-order valence-electron chi connectivity index (χ4n) is 1.20. The predicted molar refractivity (Wildman–Crippen MR) is 54.2 cm³/mol. The molecule has 1 heterocycles. The summed E-state index contributed by atoms with van der Waals surface area (Å²) in [6, 6.07) is 1.99. The van der Waals surface area contributed by atoms with Crippen molar-refractivity contribution < 1.29 is 9.53 Å². The quantitative estimate of drug-likeness (QED) is 0.751. The van der Waals surface area contributed by atoms with Crippen LogP contribution in [0, 0.1) is 11.3 Å². The number of nitrogens with two attached hydrogens (primary N) is 1. The van der Waals surface area contributed by atoms with Crippen molar-refractivity contribution in [2.24, 2.45) is 0 Å². The molecule has 0 radical (unpaired) electrons. The molecule has 2 N–H and O–H groups in total. The first-order valence-electron chi connectivity index (χ1n) is 4.05. The van der Waals surface area contributed by atoms with E-state index in [0.717, 1.165) is 11.3 Å². The lowest BCUT2D eigenvalue weighted by atomic mass is 10.1. The molecule has 4 nitrogen and oxygen atoms in total. The van der Waals surface area contributed by atoms with Crippen LogP contribution in [0.3, 0.4) is 0 Å². The number of nitrogens with zero attached hydrogens (tertiary/aromatic N) is 1. The molecule has 1 rings (SSSR count). The molecule has 14 heavy (non-hydrogen) atoms. The van der Waals surface area contributed by atoms with Crippen LogP contribution in [0.15, 0.2) is 0 Å². The summed E-state index contributed by atoms with van der Waals surface area (Å²) >= 11 is 1.10. The van der Waals surface area contributed by atoms with Crippen LogP contribution in [0.25, 0.3) is 0 Å². The van der Waals surface area contributed by atoms with Gasteiger partial charge in [0.15, 0.2) is 0 Å². The zero-order chi connectivity index (χ0) is 10.7. The fourth-order valence-corrected chi connectivity index (χ4v) is 2.23. The van der Waals surface area contributed by atoms with E-state index >= 15 is 0 Å². The van der Waals surface area contributed by atoms with E-state index in [4.69, 9.17) is 11.0 Å². The Morgan fingerprint density at radius 3 is 2.79 bits per heavy atom. The van der Waals surface area contributed by atoms with Crippen LogP contribution in [0.4, 0.5) is 5.00 Å². The second kappa shape index (κ2) is 4.11. The van der Waals surface area contributed by atoms with Gasteiger partial charge < -0.3 is 10.5 Å². The lowest BCUT2D eigenvalue weighted by Crippen LogP contribution is -2.01. The Balaban J connectivity index is 3.33. The first kappa shape index (κ1) is 10.5. The molecule has 0 amide bonds. The van der Waals surface area contributed by atoms with Crippen LogP contribution in [0.5, 0.6) is 0 Å². The minimum atomic E-state index is -0.431. The molecule has 0 aromatic carbocycles. The second-order valence-electron chi connectivity index (χ2n) is 2.61. The third-order valence-electron chi connectivity index (χ3n) is 1.87. The van der Waals surface area contributed by atoms with E-state index in [9.17, 15) is 4.79 Å². The monoisotopic (exact) mass is 210 g/mol. The van der Waals surface area contributed by atoms with E-state index in [2.05, 4.69) is 4.74 Å². The van der Waals surface area contributed by atoms with Crippen LogP contribution in [0.1, 0.15) is 27.7 Å². The summed E-state index contributed by atoms with van der Waals surface area (Å²) in [4.78, 5) is 11.7. The number of nitriles is 1. The molecule has 0 saturated carbocycles. The third-order valence-corrected chi connectivity index (χ3v) is 2.91. The molecule has 5 heteroatoms. The summed E-state index contributed by atoms with van der Waals surface area (Å²) in [6.07, 6.45) is 0.598. The molecule has 0 fully saturated rings. The van der Waals surface area contributed by atoms with Crippen molar-refractivity contribution in [1.82, 2.24) is 0 Å². The molecule has 0 unspecified atom stereocenters. The van der Waals surface area contributed by atoms with Gasteiger partial charge in [-0.05, 0) is 12.0 Å². The Labute approximate surface area is 85.9 Å². The molecule has 0 bridgehead atoms. The number of carbonyl (C=O) groups excluding carboxylic acids is 1. The zero-order valence-corrected chi connectivity index (χ0v) is 8.77. The highest BCUT2D eigenvalue weighted by atomic mass is 32.1. The van der Waals surface area contributed by atoms with Crippen molar-refractivity contribution in [2.75, 3.05) is 12.8 Å². The standard InChI is InChI=1S/C9H10N2O2S/c1-3-5-6(4-10)8(11)14-7(5)9(12)13-2/h3,11H2,1-2H3. The van der Waals surface area contributed by atoms with Crippen molar-refractivity contribution >= 4 is 22.3 Å². The van der Waals surface area contributed by atoms with Gasteiger partial charge in [-0.25, -0.2) is 4.79 Å². The normalized spacial score (nSPS) is 9.50. The lowest BCUT2D eigenvalue weighted by Gasteiger charge is -1.98. The number of methoxy groups -OCH3 is 1. The summed E-state index contributed by atoms with van der Waals surface area (Å²) in [6.45, 7) is 1.87. The molecule has 0 aliphatic heterocycles. The van der Waals surface area contributed by atoms with Crippen molar-refractivity contribution in [2.45, 2.75) is 13.3 Å². The number of esters is 1. The highest BCUT2D eigenvalue weighted by Gasteiger charge is 2.20. The van der Waals surface area contributed by atoms with Gasteiger partial charge in [0.1, 0.15) is 15.9 Å². The Hall–Kier alpha value is -1.54. The van der Waals surface area contributed by atoms with E-state index < -0.39 is 5.97 Å². The number of anilines is 1. The average molecular weight is 210 g/mol. The Bertz CT molecular complexity index is 404. The Morgan fingerprint density at radius 2 is 2.36 bits per heavy atom. The Morgan fingerprint density at radius 1 is 1.71 bits per heavy atom. The highest BCUT2D eigenvalue weighted by molar-refractivity contribution is 7.18. The first-order chi connectivity index (χ1) is 6.65. The smallest absolute Gasteiger partial charge is 0.348 e. The minimum Gasteiger partial charge on any atom is -0.465 e. The molecule has 0 atom stereocenters. The van der Waals surface area contributed by atoms with E-state index in [1.807, 2.05) is 13.0 Å². The number of ether oxygens (including phenoxy) is 1.